The van der Waals surface area contributed by atoms with E-state index in [1.54, 1.807) is 42.5 Å². The number of hydrogen-bond acceptors (Lipinski definition) is 8. The van der Waals surface area contributed by atoms with E-state index in [0.717, 1.165) is 77.1 Å². The third kappa shape index (κ3) is 31.8. The molecule has 0 aliphatic rings. The first-order valence-corrected chi connectivity index (χ1v) is 36.2. The first kappa shape index (κ1) is 91.5. The molecule has 0 amide bonds. The van der Waals surface area contributed by atoms with Crippen molar-refractivity contribution in [1.82, 2.24) is 21.3 Å². The molecule has 8 N–H and O–H groups in total. The zero-order chi connectivity index (χ0) is 70.3. The van der Waals surface area contributed by atoms with Gasteiger partial charge in [-0.1, -0.05) is 172 Å². The highest BCUT2D eigenvalue weighted by Gasteiger charge is 2.26. The molecule has 0 fully saturated rings. The first-order valence-electron chi connectivity index (χ1n) is 32.2. The SMILES string of the molecule is CC(C)(C)NCc1cc(F)ccc1Pc1ccccc1O.Cc1ccc(O)c(Pc2ccc(F)cc2CNC(C)(C)C)c1.Cc1ccc(Pc2cc(C(C)(C)C)cc(C(C)(C)C)c2O)c(CNC(C)(C)C)c1.Cc1cccc(Pc2ccc(F)cc2CNC(C)(C)C)c1O.Cl.Cl.Cl.Cl. The Morgan fingerprint density at radius 3 is 1.07 bits per heavy atom. The molecule has 98 heavy (non-hydrogen) atoms. The van der Waals surface area contributed by atoms with Gasteiger partial charge in [0.1, 0.15) is 40.4 Å². The van der Waals surface area contributed by atoms with Gasteiger partial charge in [-0.3, -0.25) is 0 Å². The third-order valence-corrected chi connectivity index (χ3v) is 20.6. The van der Waals surface area contributed by atoms with Gasteiger partial charge in [-0.2, -0.15) is 0 Å². The average molecular weight is 1500 g/mol. The summed E-state index contributed by atoms with van der Waals surface area (Å²) in [4.78, 5) is 0. The molecule has 0 aliphatic carbocycles. The largest absolute Gasteiger partial charge is 0.507 e. The zero-order valence-electron chi connectivity index (χ0n) is 61.2. The second-order valence-corrected chi connectivity index (χ2v) is 35.7. The van der Waals surface area contributed by atoms with E-state index in [4.69, 9.17) is 0 Å². The smallest absolute Gasteiger partial charge is 0.127 e. The Bertz CT molecular complexity index is 3750. The van der Waals surface area contributed by atoms with Crippen LogP contribution >= 0.6 is 84.0 Å². The Balaban J connectivity index is 0.000000650. The van der Waals surface area contributed by atoms with Gasteiger partial charge in [-0.25, -0.2) is 13.2 Å². The normalized spacial score (nSPS) is 12.1. The summed E-state index contributed by atoms with van der Waals surface area (Å²) in [7, 11) is 1.34. The van der Waals surface area contributed by atoms with Crippen molar-refractivity contribution in [1.29, 1.82) is 0 Å². The zero-order valence-corrected chi connectivity index (χ0v) is 68.5. The van der Waals surface area contributed by atoms with E-state index in [1.807, 2.05) is 68.4 Å². The summed E-state index contributed by atoms with van der Waals surface area (Å²) < 4.78 is 40.7. The fraction of sp³-hybridized carbons (Fsp3) is 0.392. The Morgan fingerprint density at radius 1 is 0.316 bits per heavy atom. The van der Waals surface area contributed by atoms with Gasteiger partial charge in [0.25, 0.3) is 0 Å². The summed E-state index contributed by atoms with van der Waals surface area (Å²) in [5.41, 5.74) is 9.61. The highest BCUT2D eigenvalue weighted by atomic mass is 35.5. The van der Waals surface area contributed by atoms with E-state index < -0.39 is 0 Å². The van der Waals surface area contributed by atoms with Crippen molar-refractivity contribution in [2.75, 3.05) is 0 Å². The summed E-state index contributed by atoms with van der Waals surface area (Å²) in [5.74, 6) is 0.684. The molecule has 0 saturated heterocycles. The maximum absolute atomic E-state index is 13.6. The number of phenolic OH excluding ortho intramolecular Hbond substituents is 4. The van der Waals surface area contributed by atoms with Gasteiger partial charge in [-0.15, -0.1) is 49.6 Å². The number of aryl methyl sites for hydroxylation is 3. The molecular weight excluding hydrogens is 1390 g/mol. The molecule has 4 atom stereocenters. The number of para-hydroxylation sites is 2. The highest BCUT2D eigenvalue weighted by Crippen LogP contribution is 2.37. The molecular formula is C79H111Cl4F3N4O4P4. The van der Waals surface area contributed by atoms with Crippen LogP contribution in [0.1, 0.15) is 175 Å². The van der Waals surface area contributed by atoms with Crippen LogP contribution in [0.15, 0.2) is 146 Å². The monoisotopic (exact) mass is 1500 g/mol. The number of hydrogen-bond donors (Lipinski definition) is 8. The Kier molecular flexibility index (Phi) is 37.1. The first-order chi connectivity index (χ1) is 43.4. The molecule has 0 radical (unpaired) electrons. The number of aromatic hydroxyl groups is 4. The Hall–Kier alpha value is -4.53. The number of halogens is 7. The fourth-order valence-electron chi connectivity index (χ4n) is 9.33. The Labute approximate surface area is 617 Å². The van der Waals surface area contributed by atoms with E-state index >= 15 is 0 Å². The lowest BCUT2D eigenvalue weighted by atomic mass is 9.80. The fourth-order valence-corrected chi connectivity index (χ4v) is 14.3. The van der Waals surface area contributed by atoms with Gasteiger partial charge in [0, 0.05) is 75.1 Å². The van der Waals surface area contributed by atoms with Crippen LogP contribution in [-0.4, -0.2) is 42.6 Å². The lowest BCUT2D eigenvalue weighted by Crippen LogP contribution is -2.36. The van der Waals surface area contributed by atoms with Gasteiger partial charge < -0.3 is 41.7 Å². The minimum Gasteiger partial charge on any atom is -0.507 e. The molecule has 8 nitrogen and oxygen atoms in total. The number of rotatable bonds is 16. The molecule has 8 aromatic rings. The van der Waals surface area contributed by atoms with Crippen LogP contribution in [0.2, 0.25) is 0 Å². The van der Waals surface area contributed by atoms with Gasteiger partial charge in [-0.05, 0) is 230 Å². The average Bonchev–Trinajstić information content (AvgIpc) is 0.783. The minimum absolute atomic E-state index is 0. The molecule has 0 aliphatic heterocycles. The van der Waals surface area contributed by atoms with E-state index in [9.17, 15) is 33.6 Å². The van der Waals surface area contributed by atoms with Crippen LogP contribution < -0.4 is 63.7 Å². The molecule has 0 spiro atoms. The minimum atomic E-state index is -0.230. The lowest BCUT2D eigenvalue weighted by Gasteiger charge is -2.28. The van der Waals surface area contributed by atoms with E-state index in [1.165, 1.54) is 40.2 Å². The maximum atomic E-state index is 13.6. The second-order valence-electron chi connectivity index (χ2n) is 30.4. The molecule has 0 aromatic heterocycles. The summed E-state index contributed by atoms with van der Waals surface area (Å²) >= 11 is 0. The molecule has 0 saturated carbocycles. The van der Waals surface area contributed by atoms with Crippen LogP contribution in [0.5, 0.6) is 23.0 Å². The topological polar surface area (TPSA) is 129 Å². The molecule has 0 bridgehead atoms. The summed E-state index contributed by atoms with van der Waals surface area (Å²) in [5, 5.41) is 63.2. The van der Waals surface area contributed by atoms with Crippen molar-refractivity contribution in [3.05, 3.63) is 213 Å². The lowest BCUT2D eigenvalue weighted by molar-refractivity contribution is 0.424. The number of benzene rings is 8. The maximum Gasteiger partial charge on any atom is 0.127 e. The van der Waals surface area contributed by atoms with Crippen LogP contribution in [0.3, 0.4) is 0 Å². The second kappa shape index (κ2) is 39.8. The number of nitrogens with one attached hydrogen (secondary N) is 4. The predicted octanol–water partition coefficient (Wildman–Crippen LogP) is 17.3. The quantitative estimate of drug-likeness (QED) is 0.0449. The van der Waals surface area contributed by atoms with Gasteiger partial charge >= 0.3 is 0 Å². The van der Waals surface area contributed by atoms with Crippen LogP contribution in [-0.2, 0) is 37.0 Å². The van der Waals surface area contributed by atoms with Gasteiger partial charge in [0.05, 0.1) is 0 Å². The molecule has 4 unspecified atom stereocenters. The molecule has 540 valence electrons. The van der Waals surface area contributed by atoms with E-state index in [2.05, 4.69) is 183 Å². The van der Waals surface area contributed by atoms with Gasteiger partial charge in [0.15, 0.2) is 0 Å². The number of phenols is 4. The highest BCUT2D eigenvalue weighted by molar-refractivity contribution is 7.57. The standard InChI is InChI=1S/C26H40NOP.2C18H23FNOP.C17H21FNOP.4ClH/c1-17-11-12-21(18(13-17)16-27-26(8,9)10)29-22-15-19(24(2,3)4)14-20(23(22)28)25(5,6)7;1-12-5-7-15(21)17(9-12)22-16-8-6-14(19)10-13(16)11-20-18(2,3)4;1-12-6-5-7-16(17(12)21)22-15-9-8-14(19)10-13(15)11-20-18(2,3)4;1-17(2,3)19-11-12-10-13(18)8-9-15(12)21-16-7-5-4-6-14(16)20;;;;/h11-15,27-29H,16H2,1-10H3;2*5-10,20-22H,11H2,1-4H3;4-10,19-21H,11H2,1-3H3;4*1H. The van der Waals surface area contributed by atoms with E-state index in [-0.39, 0.29) is 106 Å². The third-order valence-electron chi connectivity index (χ3n) is 14.9. The molecule has 8 aromatic carbocycles. The summed E-state index contributed by atoms with van der Waals surface area (Å²) in [6, 6.07) is 44.3. The summed E-state index contributed by atoms with van der Waals surface area (Å²) in [6.45, 7) is 47.2. The van der Waals surface area contributed by atoms with Crippen LogP contribution in [0, 0.1) is 38.2 Å². The van der Waals surface area contributed by atoms with E-state index in [0.29, 0.717) is 71.2 Å². The molecule has 8 rings (SSSR count). The summed E-state index contributed by atoms with van der Waals surface area (Å²) in [6.07, 6.45) is 0. The van der Waals surface area contributed by atoms with Crippen molar-refractivity contribution >= 4 is 126 Å². The van der Waals surface area contributed by atoms with Crippen LogP contribution in [0.25, 0.3) is 0 Å². The van der Waals surface area contributed by atoms with Crippen molar-refractivity contribution in [3.8, 4) is 23.0 Å². The van der Waals surface area contributed by atoms with Crippen molar-refractivity contribution in [2.24, 2.45) is 0 Å². The Morgan fingerprint density at radius 2 is 0.663 bits per heavy atom. The predicted molar refractivity (Wildman–Crippen MR) is 435 cm³/mol. The molecule has 0 heterocycles. The van der Waals surface area contributed by atoms with Crippen molar-refractivity contribution < 1.29 is 33.6 Å². The van der Waals surface area contributed by atoms with Gasteiger partial charge in [0.2, 0.25) is 0 Å². The van der Waals surface area contributed by atoms with Crippen LogP contribution in [0.4, 0.5) is 13.2 Å². The van der Waals surface area contributed by atoms with Crippen molar-refractivity contribution in [2.45, 2.75) is 205 Å². The molecule has 19 heteroatoms. The van der Waals surface area contributed by atoms with Crippen molar-refractivity contribution in [3.63, 3.8) is 0 Å².